The number of allylic oxidation sites excluding steroid dienone is 1. The van der Waals surface area contributed by atoms with Crippen LogP contribution in [0.25, 0.3) is 6.08 Å². The van der Waals surface area contributed by atoms with Gasteiger partial charge in [0.2, 0.25) is 0 Å². The zero-order valence-electron chi connectivity index (χ0n) is 16.7. The van der Waals surface area contributed by atoms with E-state index in [1.54, 1.807) is 11.3 Å². The molecule has 1 atom stereocenters. The Labute approximate surface area is 192 Å². The third-order valence-electron chi connectivity index (χ3n) is 5.05. The molecule has 1 aliphatic heterocycles. The molecule has 1 saturated heterocycles. The number of hydrogen-bond donors (Lipinski definition) is 1. The Balaban J connectivity index is 0.00000208. The number of piperidine rings is 1. The van der Waals surface area contributed by atoms with Crippen LogP contribution in [-0.2, 0) is 25.8 Å². The molecule has 1 aromatic carbocycles. The smallest absolute Gasteiger partial charge is 1.00 e. The Bertz CT molecular complexity index is 608. The van der Waals surface area contributed by atoms with Gasteiger partial charge in [-0.25, -0.2) is 0 Å². The van der Waals surface area contributed by atoms with Gasteiger partial charge in [-0.05, 0) is 57.2 Å². The summed E-state index contributed by atoms with van der Waals surface area (Å²) in [6, 6.07) is 9.03. The number of likely N-dealkylation sites (tertiary alicyclic amines) is 1. The van der Waals surface area contributed by atoms with E-state index in [1.165, 1.54) is 37.9 Å². The van der Waals surface area contributed by atoms with Crippen LogP contribution in [0.3, 0.4) is 0 Å². The number of nitrogens with zero attached hydrogens (tertiary/aromatic N) is 1. The Kier molecular flexibility index (Phi) is 10.4. The van der Waals surface area contributed by atoms with Gasteiger partial charge in [-0.1, -0.05) is 37.4 Å². The molecular formula is C20H32Cl2HfN2Si. The molecule has 1 heterocycles. The molecule has 6 heteroatoms. The molecule has 2 aliphatic rings. The Hall–Kier alpha value is 0.387. The third kappa shape index (κ3) is 5.94. The van der Waals surface area contributed by atoms with Crippen LogP contribution in [0.4, 0.5) is 0 Å². The van der Waals surface area contributed by atoms with Crippen molar-refractivity contribution in [3.8, 4) is 0 Å². The van der Waals surface area contributed by atoms with Gasteiger partial charge in [-0.15, -0.1) is 0 Å². The molecule has 3 rings (SSSR count). The average Bonchev–Trinajstić information content (AvgIpc) is 2.86. The first kappa shape index (κ1) is 26.4. The summed E-state index contributed by atoms with van der Waals surface area (Å²) in [6.07, 6.45) is 6.55. The number of benzene rings is 1. The minimum absolute atomic E-state index is 0. The molecule has 1 aromatic rings. The van der Waals surface area contributed by atoms with Crippen LogP contribution < -0.4 is 29.8 Å². The fourth-order valence-electron chi connectivity index (χ4n) is 4.53. The first-order chi connectivity index (χ1) is 10.8. The number of hydrogen-bond acceptors (Lipinski definition) is 2. The number of rotatable bonds is 3. The van der Waals surface area contributed by atoms with Crippen LogP contribution in [0, 0.1) is 0 Å². The molecule has 0 saturated carbocycles. The summed E-state index contributed by atoms with van der Waals surface area (Å²) in [4.78, 5) is 6.69. The molecular weight excluding hydrogens is 546 g/mol. The summed E-state index contributed by atoms with van der Waals surface area (Å²) in [5.41, 5.74) is 5.30. The summed E-state index contributed by atoms with van der Waals surface area (Å²) in [5.74, 6) is 0. The summed E-state index contributed by atoms with van der Waals surface area (Å²) < 4.78 is 0. The minimum Gasteiger partial charge on any atom is -1.00 e. The van der Waals surface area contributed by atoms with Crippen molar-refractivity contribution in [3.05, 3.63) is 41.1 Å². The standard InChI is InChI=1S/C20H32N2Si.2ClH.Hf/c1-20(2,3)21-23(4,5)19-17-12-8-7-11-16(17)15-18(19)22-13-9-6-10-14-22;;;/h7-8,11-12,15,19,21H,6,9-10,13-14H2,1-5H3;2*1H;/q;;;+2/p-2. The summed E-state index contributed by atoms with van der Waals surface area (Å²) in [6.45, 7) is 14.4. The maximum Gasteiger partial charge on any atom is 2.00 e. The average molecular weight is 578 g/mol. The molecule has 0 aromatic heterocycles. The van der Waals surface area contributed by atoms with Gasteiger partial charge in [0.15, 0.2) is 0 Å². The zero-order chi connectivity index (χ0) is 16.7. The minimum atomic E-state index is -1.66. The van der Waals surface area contributed by atoms with Crippen molar-refractivity contribution in [2.75, 3.05) is 13.1 Å². The van der Waals surface area contributed by atoms with Crippen molar-refractivity contribution in [2.24, 2.45) is 0 Å². The van der Waals surface area contributed by atoms with E-state index >= 15 is 0 Å². The van der Waals surface area contributed by atoms with Crippen molar-refractivity contribution >= 4 is 14.3 Å². The molecule has 1 fully saturated rings. The van der Waals surface area contributed by atoms with Crippen LogP contribution in [-0.4, -0.2) is 31.8 Å². The quantitative estimate of drug-likeness (QED) is 0.452. The molecule has 144 valence electrons. The Morgan fingerprint density at radius 2 is 1.58 bits per heavy atom. The van der Waals surface area contributed by atoms with Crippen molar-refractivity contribution in [1.29, 1.82) is 0 Å². The van der Waals surface area contributed by atoms with Crippen LogP contribution in [0.5, 0.6) is 0 Å². The van der Waals surface area contributed by atoms with E-state index in [0.717, 1.165) is 0 Å². The number of fused-ring (bicyclic) bond motifs is 1. The Morgan fingerprint density at radius 3 is 2.15 bits per heavy atom. The largest absolute Gasteiger partial charge is 2.00 e. The van der Waals surface area contributed by atoms with Crippen LogP contribution >= 0.6 is 0 Å². The summed E-state index contributed by atoms with van der Waals surface area (Å²) in [5, 5.41) is 0. The van der Waals surface area contributed by atoms with Gasteiger partial charge in [0.05, 0.1) is 0 Å². The molecule has 0 spiro atoms. The van der Waals surface area contributed by atoms with E-state index in [2.05, 4.69) is 74.1 Å². The van der Waals surface area contributed by atoms with E-state index in [-0.39, 0.29) is 56.2 Å². The summed E-state index contributed by atoms with van der Waals surface area (Å²) in [7, 11) is -1.66. The van der Waals surface area contributed by atoms with Gasteiger partial charge in [-0.2, -0.15) is 0 Å². The zero-order valence-corrected chi connectivity index (χ0v) is 22.8. The van der Waals surface area contributed by atoms with E-state index in [9.17, 15) is 0 Å². The van der Waals surface area contributed by atoms with Crippen LogP contribution in [0.1, 0.15) is 56.7 Å². The maximum atomic E-state index is 4.02. The van der Waals surface area contributed by atoms with Crippen molar-refractivity contribution in [2.45, 2.75) is 64.2 Å². The van der Waals surface area contributed by atoms with Gasteiger partial charge in [0.1, 0.15) is 8.24 Å². The second-order valence-electron chi connectivity index (χ2n) is 8.78. The molecule has 0 bridgehead atoms. The second-order valence-corrected chi connectivity index (χ2v) is 13.0. The second kappa shape index (κ2) is 10.2. The molecule has 1 unspecified atom stereocenters. The molecule has 0 radical (unpaired) electrons. The normalized spacial score (nSPS) is 19.5. The van der Waals surface area contributed by atoms with Gasteiger partial charge in [0.25, 0.3) is 0 Å². The first-order valence-corrected chi connectivity index (χ1v) is 12.2. The van der Waals surface area contributed by atoms with E-state index in [4.69, 9.17) is 0 Å². The topological polar surface area (TPSA) is 15.3 Å². The van der Waals surface area contributed by atoms with Crippen LogP contribution in [0.2, 0.25) is 13.1 Å². The molecule has 1 N–H and O–H groups in total. The van der Waals surface area contributed by atoms with Crippen molar-refractivity contribution < 1.29 is 50.7 Å². The fraction of sp³-hybridized carbons (Fsp3) is 0.600. The van der Waals surface area contributed by atoms with E-state index < -0.39 is 8.24 Å². The van der Waals surface area contributed by atoms with Crippen molar-refractivity contribution in [1.82, 2.24) is 9.88 Å². The van der Waals surface area contributed by atoms with Crippen molar-refractivity contribution in [3.63, 3.8) is 0 Å². The number of nitrogens with one attached hydrogen (secondary N) is 1. The molecule has 26 heavy (non-hydrogen) atoms. The SMILES string of the molecule is CC(C)(C)N[Si](C)(C)C1C(N2CCCCC2)=Cc2ccccc21.[Cl-].[Cl-].[Hf+2]. The maximum absolute atomic E-state index is 4.02. The molecule has 1 aliphatic carbocycles. The molecule has 2 nitrogen and oxygen atoms in total. The fourth-order valence-corrected chi connectivity index (χ4v) is 8.65. The summed E-state index contributed by atoms with van der Waals surface area (Å²) >= 11 is 0. The predicted octanol–water partition coefficient (Wildman–Crippen LogP) is -1.25. The van der Waals surface area contributed by atoms with Gasteiger partial charge in [0, 0.05) is 29.9 Å². The van der Waals surface area contributed by atoms with E-state index in [0.29, 0.717) is 5.54 Å². The first-order valence-electron chi connectivity index (χ1n) is 9.13. The predicted molar refractivity (Wildman–Crippen MR) is 103 cm³/mol. The van der Waals surface area contributed by atoms with Gasteiger partial charge in [-0.3, -0.25) is 0 Å². The third-order valence-corrected chi connectivity index (χ3v) is 8.49. The molecule has 0 amide bonds. The Morgan fingerprint density at radius 1 is 1.00 bits per heavy atom. The monoisotopic (exact) mass is 578 g/mol. The van der Waals surface area contributed by atoms with Crippen LogP contribution in [0.15, 0.2) is 30.0 Å². The number of halogens is 2. The van der Waals surface area contributed by atoms with E-state index in [1.807, 2.05) is 0 Å². The van der Waals surface area contributed by atoms with Gasteiger partial charge < -0.3 is 34.7 Å². The van der Waals surface area contributed by atoms with Gasteiger partial charge >= 0.3 is 25.8 Å².